The first-order valence-corrected chi connectivity index (χ1v) is 5.96. The molecule has 3 nitrogen and oxygen atoms in total. The Balaban J connectivity index is 2.58. The molecule has 0 heterocycles. The van der Waals surface area contributed by atoms with Crippen LogP contribution in [-0.4, -0.2) is 4.92 Å². The van der Waals surface area contributed by atoms with Crippen molar-refractivity contribution in [1.82, 2.24) is 0 Å². The number of nitro groups is 1. The van der Waals surface area contributed by atoms with Crippen LogP contribution in [0.5, 0.6) is 0 Å². The van der Waals surface area contributed by atoms with E-state index in [2.05, 4.69) is 0 Å². The molecule has 18 heavy (non-hydrogen) atoms. The second-order valence-corrected chi connectivity index (χ2v) is 5.04. The Hall–Kier alpha value is -1.58. The summed E-state index contributed by atoms with van der Waals surface area (Å²) in [7, 11) is 0. The molecule has 0 radical (unpaired) electrons. The third-order valence-electron chi connectivity index (χ3n) is 2.58. The van der Waals surface area contributed by atoms with Gasteiger partial charge in [0.25, 0.3) is 5.69 Å². The Kier molecular flexibility index (Phi) is 3.55. The van der Waals surface area contributed by atoms with Gasteiger partial charge >= 0.3 is 0 Å². The van der Waals surface area contributed by atoms with Crippen LogP contribution >= 0.6 is 23.2 Å². The smallest absolute Gasteiger partial charge is 0.258 e. The van der Waals surface area contributed by atoms with E-state index >= 15 is 0 Å². The van der Waals surface area contributed by atoms with Crippen molar-refractivity contribution in [2.24, 2.45) is 0 Å². The molecular weight excluding hydrogens is 273 g/mol. The number of nitrogens with zero attached hydrogens (tertiary/aromatic N) is 1. The molecule has 0 amide bonds. The number of alkyl halides is 2. The lowest BCUT2D eigenvalue weighted by Gasteiger charge is -2.20. The highest BCUT2D eigenvalue weighted by atomic mass is 35.5. The van der Waals surface area contributed by atoms with Crippen molar-refractivity contribution in [2.45, 2.75) is 4.33 Å². The molecule has 0 saturated carbocycles. The van der Waals surface area contributed by atoms with Gasteiger partial charge in [0.15, 0.2) is 4.33 Å². The fourth-order valence-electron chi connectivity index (χ4n) is 1.70. The molecule has 0 bridgehead atoms. The van der Waals surface area contributed by atoms with Crippen LogP contribution in [-0.2, 0) is 4.33 Å². The largest absolute Gasteiger partial charge is 0.275 e. The maximum atomic E-state index is 11.0. The average Bonchev–Trinajstić information content (AvgIpc) is 2.39. The van der Waals surface area contributed by atoms with Crippen LogP contribution in [0.15, 0.2) is 54.6 Å². The summed E-state index contributed by atoms with van der Waals surface area (Å²) in [6.45, 7) is 0. The molecule has 2 aromatic carbocycles. The van der Waals surface area contributed by atoms with E-state index in [0.717, 1.165) is 0 Å². The van der Waals surface area contributed by atoms with Gasteiger partial charge in [0.1, 0.15) is 0 Å². The summed E-state index contributed by atoms with van der Waals surface area (Å²) in [5.41, 5.74) is 0.776. The average molecular weight is 282 g/mol. The normalized spacial score (nSPS) is 11.2. The summed E-state index contributed by atoms with van der Waals surface area (Å²) in [6.07, 6.45) is 0. The molecule has 0 aliphatic carbocycles. The first-order valence-electron chi connectivity index (χ1n) is 5.20. The number of rotatable bonds is 3. The van der Waals surface area contributed by atoms with Crippen molar-refractivity contribution in [2.75, 3.05) is 0 Å². The van der Waals surface area contributed by atoms with Crippen molar-refractivity contribution < 1.29 is 4.92 Å². The fourth-order valence-corrected chi connectivity index (χ4v) is 2.27. The lowest BCUT2D eigenvalue weighted by atomic mass is 10.0. The van der Waals surface area contributed by atoms with Crippen LogP contribution in [0.1, 0.15) is 11.1 Å². The standard InChI is InChI=1S/C13H9Cl2NO2/c14-13(15,10-6-2-1-3-7-10)11-8-4-5-9-12(11)16(17)18/h1-9H. The van der Waals surface area contributed by atoms with Crippen LogP contribution in [0.2, 0.25) is 0 Å². The first-order chi connectivity index (χ1) is 8.53. The lowest BCUT2D eigenvalue weighted by molar-refractivity contribution is -0.385. The zero-order valence-corrected chi connectivity index (χ0v) is 10.7. The van der Waals surface area contributed by atoms with E-state index in [1.54, 1.807) is 42.5 Å². The van der Waals surface area contributed by atoms with Gasteiger partial charge in [-0.1, -0.05) is 65.7 Å². The molecule has 0 aliphatic rings. The third-order valence-corrected chi connectivity index (χ3v) is 3.42. The minimum absolute atomic E-state index is 0.0913. The zero-order chi connectivity index (χ0) is 13.2. The zero-order valence-electron chi connectivity index (χ0n) is 9.22. The Labute approximate surface area is 114 Å². The Morgan fingerprint density at radius 3 is 2.11 bits per heavy atom. The summed E-state index contributed by atoms with van der Waals surface area (Å²) >= 11 is 12.6. The predicted molar refractivity (Wildman–Crippen MR) is 72.0 cm³/mol. The second-order valence-electron chi connectivity index (χ2n) is 3.71. The van der Waals surface area contributed by atoms with Gasteiger partial charge in [-0.2, -0.15) is 0 Å². The van der Waals surface area contributed by atoms with E-state index in [1.807, 2.05) is 6.07 Å². The first kappa shape index (κ1) is 12.9. The van der Waals surface area contributed by atoms with Crippen LogP contribution < -0.4 is 0 Å². The molecular formula is C13H9Cl2NO2. The van der Waals surface area contributed by atoms with Gasteiger partial charge in [0.2, 0.25) is 0 Å². The van der Waals surface area contributed by atoms with E-state index in [0.29, 0.717) is 5.56 Å². The molecule has 0 unspecified atom stereocenters. The molecule has 0 spiro atoms. The minimum Gasteiger partial charge on any atom is -0.258 e. The van der Waals surface area contributed by atoms with Gasteiger partial charge in [0.05, 0.1) is 10.5 Å². The van der Waals surface area contributed by atoms with E-state index in [9.17, 15) is 10.1 Å². The SMILES string of the molecule is O=[N+]([O-])c1ccccc1C(Cl)(Cl)c1ccccc1. The minimum atomic E-state index is -1.44. The van der Waals surface area contributed by atoms with Gasteiger partial charge in [-0.3, -0.25) is 10.1 Å². The van der Waals surface area contributed by atoms with Crippen molar-refractivity contribution in [3.05, 3.63) is 75.8 Å². The summed E-state index contributed by atoms with van der Waals surface area (Å²) in [4.78, 5) is 10.5. The Morgan fingerprint density at radius 2 is 1.50 bits per heavy atom. The highest BCUT2D eigenvalue weighted by Gasteiger charge is 2.35. The highest BCUT2D eigenvalue weighted by Crippen LogP contribution is 2.44. The molecule has 5 heteroatoms. The van der Waals surface area contributed by atoms with Crippen LogP contribution in [0.25, 0.3) is 0 Å². The monoisotopic (exact) mass is 281 g/mol. The highest BCUT2D eigenvalue weighted by molar-refractivity contribution is 6.50. The lowest BCUT2D eigenvalue weighted by Crippen LogP contribution is -2.14. The van der Waals surface area contributed by atoms with Gasteiger partial charge < -0.3 is 0 Å². The summed E-state index contributed by atoms with van der Waals surface area (Å²) < 4.78 is -1.44. The fraction of sp³-hybridized carbons (Fsp3) is 0.0769. The Bertz CT molecular complexity index is 570. The van der Waals surface area contributed by atoms with E-state index < -0.39 is 9.26 Å². The molecule has 0 N–H and O–H groups in total. The van der Waals surface area contributed by atoms with E-state index in [1.165, 1.54) is 6.07 Å². The third kappa shape index (κ3) is 2.33. The molecule has 0 atom stereocenters. The molecule has 0 aliphatic heterocycles. The van der Waals surface area contributed by atoms with Crippen LogP contribution in [0.4, 0.5) is 5.69 Å². The van der Waals surface area contributed by atoms with Crippen molar-refractivity contribution >= 4 is 28.9 Å². The van der Waals surface area contributed by atoms with Crippen molar-refractivity contribution in [1.29, 1.82) is 0 Å². The maximum absolute atomic E-state index is 11.0. The van der Waals surface area contributed by atoms with Crippen molar-refractivity contribution in [3.8, 4) is 0 Å². The number of nitro benzene ring substituents is 1. The van der Waals surface area contributed by atoms with E-state index in [4.69, 9.17) is 23.2 Å². The van der Waals surface area contributed by atoms with Crippen LogP contribution in [0.3, 0.4) is 0 Å². The van der Waals surface area contributed by atoms with Gasteiger partial charge in [-0.15, -0.1) is 0 Å². The van der Waals surface area contributed by atoms with E-state index in [-0.39, 0.29) is 11.3 Å². The second kappa shape index (κ2) is 4.96. The molecule has 0 fully saturated rings. The number of hydrogen-bond acceptors (Lipinski definition) is 2. The summed E-state index contributed by atoms with van der Waals surface area (Å²) in [5.74, 6) is 0. The predicted octanol–water partition coefficient (Wildman–Crippen LogP) is 4.27. The van der Waals surface area contributed by atoms with Crippen LogP contribution in [0, 0.1) is 10.1 Å². The molecule has 0 aromatic heterocycles. The quantitative estimate of drug-likeness (QED) is 0.479. The molecule has 2 aromatic rings. The topological polar surface area (TPSA) is 43.1 Å². The van der Waals surface area contributed by atoms with Gasteiger partial charge in [-0.05, 0) is 11.6 Å². The number of hydrogen-bond donors (Lipinski definition) is 0. The maximum Gasteiger partial charge on any atom is 0.275 e. The van der Waals surface area contributed by atoms with Gasteiger partial charge in [-0.25, -0.2) is 0 Å². The number of halogens is 2. The molecule has 92 valence electrons. The van der Waals surface area contributed by atoms with Gasteiger partial charge in [0, 0.05) is 6.07 Å². The summed E-state index contributed by atoms with van der Waals surface area (Å²) in [6, 6.07) is 15.1. The summed E-state index contributed by atoms with van der Waals surface area (Å²) in [5, 5.41) is 11.0. The molecule has 0 saturated heterocycles. The molecule has 2 rings (SSSR count). The Morgan fingerprint density at radius 1 is 0.944 bits per heavy atom. The number of para-hydroxylation sites is 1. The number of benzene rings is 2. The van der Waals surface area contributed by atoms with Crippen molar-refractivity contribution in [3.63, 3.8) is 0 Å².